The maximum atomic E-state index is 13.8. The van der Waals surface area contributed by atoms with E-state index in [1.54, 1.807) is 6.07 Å². The first-order valence-corrected chi connectivity index (χ1v) is 7.01. The van der Waals surface area contributed by atoms with Crippen molar-refractivity contribution in [3.63, 3.8) is 0 Å². The zero-order valence-electron chi connectivity index (χ0n) is 11.7. The first-order valence-electron chi connectivity index (χ1n) is 6.63. The minimum atomic E-state index is -0.991. The normalized spacial score (nSPS) is 10.2. The third-order valence-electron chi connectivity index (χ3n) is 2.81. The first kappa shape index (κ1) is 17.2. The topological polar surface area (TPSA) is 69.6 Å². The van der Waals surface area contributed by atoms with Gasteiger partial charge in [-0.1, -0.05) is 24.6 Å². The van der Waals surface area contributed by atoms with Gasteiger partial charge in [0.2, 0.25) is 0 Å². The summed E-state index contributed by atoms with van der Waals surface area (Å²) in [6, 6.07) is 3.91. The lowest BCUT2D eigenvalue weighted by atomic mass is 10.2. The molecule has 0 saturated carbocycles. The smallest absolute Gasteiger partial charge is 0.317 e. The highest BCUT2D eigenvalue weighted by atomic mass is 35.5. The Morgan fingerprint density at radius 2 is 2.14 bits per heavy atom. The van der Waals surface area contributed by atoms with E-state index in [0.29, 0.717) is 13.0 Å². The van der Waals surface area contributed by atoms with Crippen molar-refractivity contribution in [2.45, 2.75) is 26.3 Å². The molecule has 1 rings (SSSR count). The molecule has 1 aromatic rings. The molecule has 7 heteroatoms. The van der Waals surface area contributed by atoms with E-state index in [1.165, 1.54) is 17.0 Å². The number of nitrogens with zero attached hydrogens (tertiary/aromatic N) is 1. The van der Waals surface area contributed by atoms with Gasteiger partial charge in [-0.2, -0.15) is 0 Å². The highest BCUT2D eigenvalue weighted by Gasteiger charge is 2.17. The number of carbonyl (C=O) groups is 2. The quantitative estimate of drug-likeness (QED) is 0.812. The molecule has 0 saturated heterocycles. The Balaban J connectivity index is 2.72. The van der Waals surface area contributed by atoms with Crippen LogP contribution < -0.4 is 5.32 Å². The molecule has 5 nitrogen and oxygen atoms in total. The van der Waals surface area contributed by atoms with Crippen molar-refractivity contribution >= 4 is 23.6 Å². The number of carbonyl (C=O) groups excluding carboxylic acids is 1. The molecule has 21 heavy (non-hydrogen) atoms. The molecule has 0 spiro atoms. The van der Waals surface area contributed by atoms with Crippen molar-refractivity contribution in [2.24, 2.45) is 0 Å². The van der Waals surface area contributed by atoms with Crippen molar-refractivity contribution in [2.75, 3.05) is 13.1 Å². The standard InChI is InChI=1S/C14H18ClFN2O3/c1-2-8-18(14(21)17-7-6-13(19)20)9-10-11(15)4-3-5-12(10)16/h3-5H,2,6-9H2,1H3,(H,17,21)(H,19,20). The van der Waals surface area contributed by atoms with Gasteiger partial charge in [-0.05, 0) is 18.6 Å². The van der Waals surface area contributed by atoms with E-state index in [4.69, 9.17) is 16.7 Å². The zero-order chi connectivity index (χ0) is 15.8. The molecule has 0 heterocycles. The summed E-state index contributed by atoms with van der Waals surface area (Å²) in [5.74, 6) is -1.46. The molecule has 0 aromatic heterocycles. The van der Waals surface area contributed by atoms with Crippen molar-refractivity contribution < 1.29 is 19.1 Å². The van der Waals surface area contributed by atoms with E-state index < -0.39 is 17.8 Å². The fraction of sp³-hybridized carbons (Fsp3) is 0.429. The number of carboxylic acid groups (broad SMARTS) is 1. The van der Waals surface area contributed by atoms with Crippen LogP contribution in [0.25, 0.3) is 0 Å². The minimum Gasteiger partial charge on any atom is -0.481 e. The van der Waals surface area contributed by atoms with Crippen molar-refractivity contribution in [1.29, 1.82) is 0 Å². The van der Waals surface area contributed by atoms with Crippen molar-refractivity contribution in [3.05, 3.63) is 34.6 Å². The van der Waals surface area contributed by atoms with Crippen LogP contribution in [0.2, 0.25) is 5.02 Å². The molecular formula is C14H18ClFN2O3. The Bertz CT molecular complexity index is 491. The zero-order valence-corrected chi connectivity index (χ0v) is 12.5. The highest BCUT2D eigenvalue weighted by Crippen LogP contribution is 2.20. The van der Waals surface area contributed by atoms with Crippen LogP contribution in [0.4, 0.5) is 9.18 Å². The molecule has 0 bridgehead atoms. The predicted molar refractivity (Wildman–Crippen MR) is 77.8 cm³/mol. The number of benzene rings is 1. The summed E-state index contributed by atoms with van der Waals surface area (Å²) in [5.41, 5.74) is 0.251. The highest BCUT2D eigenvalue weighted by molar-refractivity contribution is 6.31. The van der Waals surface area contributed by atoms with E-state index in [9.17, 15) is 14.0 Å². The number of urea groups is 1. The van der Waals surface area contributed by atoms with Gasteiger partial charge in [0.1, 0.15) is 5.82 Å². The number of amides is 2. The van der Waals surface area contributed by atoms with E-state index in [0.717, 1.165) is 0 Å². The average Bonchev–Trinajstić information content (AvgIpc) is 2.41. The van der Waals surface area contributed by atoms with Gasteiger partial charge in [-0.25, -0.2) is 9.18 Å². The Labute approximate surface area is 127 Å². The fourth-order valence-corrected chi connectivity index (χ4v) is 2.01. The van der Waals surface area contributed by atoms with Crippen LogP contribution in [0.5, 0.6) is 0 Å². The summed E-state index contributed by atoms with van der Waals surface area (Å²) in [4.78, 5) is 23.8. The van der Waals surface area contributed by atoms with Crippen molar-refractivity contribution in [1.82, 2.24) is 10.2 Å². The van der Waals surface area contributed by atoms with E-state index in [2.05, 4.69) is 5.32 Å². The van der Waals surface area contributed by atoms with Gasteiger partial charge >= 0.3 is 12.0 Å². The average molecular weight is 317 g/mol. The van der Waals surface area contributed by atoms with Crippen molar-refractivity contribution in [3.8, 4) is 0 Å². The Hall–Kier alpha value is -1.82. The van der Waals surface area contributed by atoms with Gasteiger partial charge in [-0.15, -0.1) is 0 Å². The summed E-state index contributed by atoms with van der Waals surface area (Å²) < 4.78 is 13.8. The third kappa shape index (κ3) is 5.59. The molecule has 0 aliphatic carbocycles. The number of hydrogen-bond donors (Lipinski definition) is 2. The van der Waals surface area contributed by atoms with E-state index in [1.807, 2.05) is 6.92 Å². The maximum Gasteiger partial charge on any atom is 0.317 e. The van der Waals surface area contributed by atoms with Gasteiger partial charge in [0, 0.05) is 23.7 Å². The lowest BCUT2D eigenvalue weighted by molar-refractivity contribution is -0.136. The van der Waals surface area contributed by atoms with Gasteiger partial charge < -0.3 is 15.3 Å². The maximum absolute atomic E-state index is 13.8. The second-order valence-corrected chi connectivity index (χ2v) is 4.90. The molecule has 2 N–H and O–H groups in total. The number of hydrogen-bond acceptors (Lipinski definition) is 2. The SMILES string of the molecule is CCCN(Cc1c(F)cccc1Cl)C(=O)NCCC(=O)O. The summed E-state index contributed by atoms with van der Waals surface area (Å²) in [6.45, 7) is 2.38. The summed E-state index contributed by atoms with van der Waals surface area (Å²) >= 11 is 5.95. The van der Waals surface area contributed by atoms with Crippen LogP contribution in [0.15, 0.2) is 18.2 Å². The second-order valence-electron chi connectivity index (χ2n) is 4.50. The van der Waals surface area contributed by atoms with Crippen LogP contribution in [0.1, 0.15) is 25.3 Å². The summed E-state index contributed by atoms with van der Waals surface area (Å²) in [5, 5.41) is 11.3. The third-order valence-corrected chi connectivity index (χ3v) is 3.16. The Kier molecular flexibility index (Phi) is 6.94. The molecule has 2 amide bonds. The summed E-state index contributed by atoms with van der Waals surface area (Å²) in [6.07, 6.45) is 0.532. The Morgan fingerprint density at radius 1 is 1.43 bits per heavy atom. The van der Waals surface area contributed by atoms with Crippen LogP contribution in [-0.4, -0.2) is 35.1 Å². The Morgan fingerprint density at radius 3 is 2.71 bits per heavy atom. The number of nitrogens with one attached hydrogen (secondary N) is 1. The molecule has 1 aromatic carbocycles. The van der Waals surface area contributed by atoms with Crippen LogP contribution in [-0.2, 0) is 11.3 Å². The second kappa shape index (κ2) is 8.46. The lowest BCUT2D eigenvalue weighted by Gasteiger charge is -2.23. The minimum absolute atomic E-state index is 0.0272. The van der Waals surface area contributed by atoms with E-state index in [-0.39, 0.29) is 30.1 Å². The first-order chi connectivity index (χ1) is 9.95. The molecule has 0 aliphatic rings. The van der Waals surface area contributed by atoms with Gasteiger partial charge in [0.25, 0.3) is 0 Å². The molecule has 116 valence electrons. The molecule has 0 radical (unpaired) electrons. The lowest BCUT2D eigenvalue weighted by Crippen LogP contribution is -2.41. The number of halogens is 2. The van der Waals surface area contributed by atoms with Crippen LogP contribution in [0.3, 0.4) is 0 Å². The molecule has 0 fully saturated rings. The van der Waals surface area contributed by atoms with E-state index >= 15 is 0 Å². The number of carboxylic acids is 1. The van der Waals surface area contributed by atoms with Gasteiger partial charge in [0.05, 0.1) is 13.0 Å². The van der Waals surface area contributed by atoms with Crippen LogP contribution >= 0.6 is 11.6 Å². The summed E-state index contributed by atoms with van der Waals surface area (Å²) in [7, 11) is 0. The molecule has 0 atom stereocenters. The molecule has 0 unspecified atom stereocenters. The number of rotatable bonds is 7. The molecule has 0 aliphatic heterocycles. The van der Waals surface area contributed by atoms with Gasteiger partial charge in [-0.3, -0.25) is 4.79 Å². The van der Waals surface area contributed by atoms with Crippen LogP contribution in [0, 0.1) is 5.82 Å². The van der Waals surface area contributed by atoms with Gasteiger partial charge in [0.15, 0.2) is 0 Å². The largest absolute Gasteiger partial charge is 0.481 e. The molecular weight excluding hydrogens is 299 g/mol. The number of aliphatic carboxylic acids is 1. The monoisotopic (exact) mass is 316 g/mol. The fourth-order valence-electron chi connectivity index (χ4n) is 1.78. The predicted octanol–water partition coefficient (Wildman–Crippen LogP) is 2.88.